The van der Waals surface area contributed by atoms with Crippen LogP contribution in [0, 0.1) is 12.3 Å². The molecular formula is C13H12N2O3. The molecule has 92 valence electrons. The zero-order valence-electron chi connectivity index (χ0n) is 9.68. The van der Waals surface area contributed by atoms with Crippen LogP contribution >= 0.6 is 0 Å². The lowest BCUT2D eigenvalue weighted by Crippen LogP contribution is -2.26. The molecule has 0 aliphatic carbocycles. The van der Waals surface area contributed by atoms with Gasteiger partial charge in [0.15, 0.2) is 5.58 Å². The van der Waals surface area contributed by atoms with Gasteiger partial charge in [-0.05, 0) is 12.1 Å². The zero-order chi connectivity index (χ0) is 13.0. The van der Waals surface area contributed by atoms with E-state index < -0.39 is 5.76 Å². The summed E-state index contributed by atoms with van der Waals surface area (Å²) in [4.78, 5) is 23.0. The van der Waals surface area contributed by atoms with Gasteiger partial charge in [0, 0.05) is 13.0 Å². The van der Waals surface area contributed by atoms with Gasteiger partial charge in [0.25, 0.3) is 0 Å². The van der Waals surface area contributed by atoms with Crippen LogP contribution in [-0.4, -0.2) is 17.0 Å². The minimum atomic E-state index is -0.457. The molecule has 0 aliphatic rings. The molecule has 0 radical (unpaired) electrons. The Morgan fingerprint density at radius 3 is 3.00 bits per heavy atom. The second kappa shape index (κ2) is 5.23. The van der Waals surface area contributed by atoms with Crippen LogP contribution in [0.15, 0.2) is 33.5 Å². The molecule has 1 aromatic carbocycles. The molecule has 0 spiro atoms. The molecule has 0 aliphatic heterocycles. The molecule has 0 saturated carbocycles. The molecule has 1 heterocycles. The molecule has 0 bridgehead atoms. The fourth-order valence-electron chi connectivity index (χ4n) is 1.68. The Morgan fingerprint density at radius 1 is 1.44 bits per heavy atom. The maximum Gasteiger partial charge on any atom is 0.419 e. The Balaban J connectivity index is 2.13. The van der Waals surface area contributed by atoms with Gasteiger partial charge in [-0.2, -0.15) is 0 Å². The zero-order valence-corrected chi connectivity index (χ0v) is 9.68. The number of aromatic nitrogens is 1. The Bertz CT molecular complexity index is 661. The van der Waals surface area contributed by atoms with Gasteiger partial charge in [-0.3, -0.25) is 9.36 Å². The lowest BCUT2D eigenvalue weighted by molar-refractivity contribution is -0.121. The van der Waals surface area contributed by atoms with E-state index in [4.69, 9.17) is 10.8 Å². The number of oxazole rings is 1. The molecule has 0 saturated heterocycles. The van der Waals surface area contributed by atoms with Gasteiger partial charge in [0.05, 0.1) is 12.1 Å². The number of carbonyl (C=O) groups excluding carboxylic acids is 1. The number of hydrogen-bond acceptors (Lipinski definition) is 3. The summed E-state index contributed by atoms with van der Waals surface area (Å²) in [5.41, 5.74) is 1.21. The summed E-state index contributed by atoms with van der Waals surface area (Å²) >= 11 is 0. The van der Waals surface area contributed by atoms with Crippen LogP contribution in [-0.2, 0) is 11.3 Å². The molecular weight excluding hydrogens is 232 g/mol. The summed E-state index contributed by atoms with van der Waals surface area (Å²) in [6.45, 7) is 0.464. The largest absolute Gasteiger partial charge is 0.419 e. The van der Waals surface area contributed by atoms with Crippen molar-refractivity contribution in [3.05, 3.63) is 34.8 Å². The summed E-state index contributed by atoms with van der Waals surface area (Å²) in [7, 11) is 0. The number of nitrogens with one attached hydrogen (secondary N) is 1. The van der Waals surface area contributed by atoms with Crippen molar-refractivity contribution in [2.24, 2.45) is 0 Å². The topological polar surface area (TPSA) is 64.2 Å². The first kappa shape index (κ1) is 12.0. The maximum atomic E-state index is 11.6. The molecule has 1 N–H and O–H groups in total. The minimum absolute atomic E-state index is 0.186. The van der Waals surface area contributed by atoms with Crippen LogP contribution < -0.4 is 11.1 Å². The fraction of sp³-hybridized carbons (Fsp3) is 0.231. The fourth-order valence-corrected chi connectivity index (χ4v) is 1.68. The van der Waals surface area contributed by atoms with E-state index in [1.54, 1.807) is 18.2 Å². The van der Waals surface area contributed by atoms with Crippen molar-refractivity contribution in [3.8, 4) is 12.3 Å². The maximum absolute atomic E-state index is 11.6. The van der Waals surface area contributed by atoms with Gasteiger partial charge >= 0.3 is 5.76 Å². The quantitative estimate of drug-likeness (QED) is 0.806. The van der Waals surface area contributed by atoms with Crippen molar-refractivity contribution in [3.63, 3.8) is 0 Å². The molecule has 2 rings (SSSR count). The molecule has 18 heavy (non-hydrogen) atoms. The van der Waals surface area contributed by atoms with Crippen molar-refractivity contribution >= 4 is 17.0 Å². The second-order valence-electron chi connectivity index (χ2n) is 3.72. The second-order valence-corrected chi connectivity index (χ2v) is 3.72. The molecule has 1 aromatic heterocycles. The van der Waals surface area contributed by atoms with Crippen LogP contribution in [0.25, 0.3) is 11.1 Å². The minimum Gasteiger partial charge on any atom is -0.408 e. The molecule has 0 atom stereocenters. The molecule has 5 heteroatoms. The average Bonchev–Trinajstić information content (AvgIpc) is 2.69. The molecule has 2 aromatic rings. The first-order valence-corrected chi connectivity index (χ1v) is 5.51. The van der Waals surface area contributed by atoms with Crippen LogP contribution in [0.3, 0.4) is 0 Å². The SMILES string of the molecule is C#CCNC(=O)CCn1c(=O)oc2ccccc21. The Labute approximate surface area is 103 Å². The highest BCUT2D eigenvalue weighted by Gasteiger charge is 2.09. The van der Waals surface area contributed by atoms with E-state index in [1.807, 2.05) is 6.07 Å². The third-order valence-corrected chi connectivity index (χ3v) is 2.52. The summed E-state index contributed by atoms with van der Waals surface area (Å²) in [5, 5.41) is 2.54. The monoisotopic (exact) mass is 244 g/mol. The predicted octanol–water partition coefficient (Wildman–Crippen LogP) is 0.734. The Kier molecular flexibility index (Phi) is 3.49. The van der Waals surface area contributed by atoms with Gasteiger partial charge in [0.2, 0.25) is 5.91 Å². The van der Waals surface area contributed by atoms with Crippen molar-refractivity contribution in [1.82, 2.24) is 9.88 Å². The van der Waals surface area contributed by atoms with Crippen LogP contribution in [0.5, 0.6) is 0 Å². The molecule has 5 nitrogen and oxygen atoms in total. The normalized spacial score (nSPS) is 10.2. The first-order valence-electron chi connectivity index (χ1n) is 5.51. The highest BCUT2D eigenvalue weighted by molar-refractivity contribution is 5.77. The average molecular weight is 244 g/mol. The van der Waals surface area contributed by atoms with Crippen molar-refractivity contribution in [2.75, 3.05) is 6.54 Å². The van der Waals surface area contributed by atoms with Crippen molar-refractivity contribution < 1.29 is 9.21 Å². The number of terminal acetylenes is 1. The Morgan fingerprint density at radius 2 is 2.22 bits per heavy atom. The lowest BCUT2D eigenvalue weighted by atomic mass is 10.3. The smallest absolute Gasteiger partial charge is 0.408 e. The third kappa shape index (κ3) is 2.43. The highest BCUT2D eigenvalue weighted by Crippen LogP contribution is 2.11. The lowest BCUT2D eigenvalue weighted by Gasteiger charge is -2.02. The van der Waals surface area contributed by atoms with E-state index in [0.29, 0.717) is 11.1 Å². The number of fused-ring (bicyclic) bond motifs is 1. The van der Waals surface area contributed by atoms with E-state index in [2.05, 4.69) is 11.2 Å². The summed E-state index contributed by atoms with van der Waals surface area (Å²) < 4.78 is 6.49. The highest BCUT2D eigenvalue weighted by atomic mass is 16.4. The van der Waals surface area contributed by atoms with Gasteiger partial charge in [-0.1, -0.05) is 18.1 Å². The summed E-state index contributed by atoms with van der Waals surface area (Å²) in [6, 6.07) is 7.09. The van der Waals surface area contributed by atoms with Gasteiger partial charge in [-0.15, -0.1) is 6.42 Å². The van der Waals surface area contributed by atoms with E-state index in [1.165, 1.54) is 4.57 Å². The number of benzene rings is 1. The molecule has 1 amide bonds. The van der Waals surface area contributed by atoms with Crippen LogP contribution in [0.2, 0.25) is 0 Å². The van der Waals surface area contributed by atoms with Crippen molar-refractivity contribution in [2.45, 2.75) is 13.0 Å². The van der Waals surface area contributed by atoms with Gasteiger partial charge in [0.1, 0.15) is 0 Å². The van der Waals surface area contributed by atoms with E-state index in [-0.39, 0.29) is 25.4 Å². The van der Waals surface area contributed by atoms with Crippen molar-refractivity contribution in [1.29, 1.82) is 0 Å². The number of carbonyl (C=O) groups is 1. The van der Waals surface area contributed by atoms with Gasteiger partial charge < -0.3 is 9.73 Å². The third-order valence-electron chi connectivity index (χ3n) is 2.52. The standard InChI is InChI=1S/C13H12N2O3/c1-2-8-14-12(16)7-9-15-10-5-3-4-6-11(10)18-13(15)17/h1,3-6H,7-9H2,(H,14,16). The summed E-state index contributed by atoms with van der Waals surface area (Å²) in [5.74, 6) is 1.67. The first-order chi connectivity index (χ1) is 8.72. The number of rotatable bonds is 4. The molecule has 0 fully saturated rings. The number of nitrogens with zero attached hydrogens (tertiary/aromatic N) is 1. The van der Waals surface area contributed by atoms with E-state index >= 15 is 0 Å². The van der Waals surface area contributed by atoms with Gasteiger partial charge in [-0.25, -0.2) is 4.79 Å². The van der Waals surface area contributed by atoms with E-state index in [0.717, 1.165) is 0 Å². The van der Waals surface area contributed by atoms with Crippen LogP contribution in [0.1, 0.15) is 6.42 Å². The predicted molar refractivity (Wildman–Crippen MR) is 66.9 cm³/mol. The summed E-state index contributed by atoms with van der Waals surface area (Å²) in [6.07, 6.45) is 5.22. The Hall–Kier alpha value is -2.48. The van der Waals surface area contributed by atoms with E-state index in [9.17, 15) is 9.59 Å². The van der Waals surface area contributed by atoms with Crippen LogP contribution in [0.4, 0.5) is 0 Å². The number of aryl methyl sites for hydroxylation is 1. The molecule has 0 unspecified atom stereocenters. The number of para-hydroxylation sites is 2. The number of hydrogen-bond donors (Lipinski definition) is 1. The number of amides is 1.